The highest BCUT2D eigenvalue weighted by molar-refractivity contribution is 6.31. The van der Waals surface area contributed by atoms with Crippen LogP contribution < -0.4 is 5.32 Å². The van der Waals surface area contributed by atoms with E-state index < -0.39 is 30.1 Å². The third-order valence-corrected chi connectivity index (χ3v) is 5.38. The van der Waals surface area contributed by atoms with E-state index in [2.05, 4.69) is 20.0 Å². The Morgan fingerprint density at radius 1 is 1.30 bits per heavy atom. The smallest absolute Gasteiger partial charge is 0.328 e. The standard InChI is InChI=1S/C20H23ClN4O5/c1-29-16(26)8-7-15(19(27)30-2)24-20(28)25-10-9-14-17(23-11-22-14)18(25)12-5-3-4-6-13(12)21/h3-6,11,15,18H,7-10H2,1-2H3,(H,22,23)(H,24,28)/t15-,18+/m1/s1. The molecule has 9 nitrogen and oxygen atoms in total. The zero-order valence-electron chi connectivity index (χ0n) is 16.7. The second-order valence-electron chi connectivity index (χ2n) is 6.77. The number of carbonyl (C=O) groups excluding carboxylic acids is 3. The first-order valence-electron chi connectivity index (χ1n) is 9.44. The van der Waals surface area contributed by atoms with Crippen molar-refractivity contribution in [2.45, 2.75) is 31.3 Å². The van der Waals surface area contributed by atoms with Crippen LogP contribution in [0.2, 0.25) is 5.02 Å². The molecule has 1 aromatic heterocycles. The van der Waals surface area contributed by atoms with Gasteiger partial charge in [-0.2, -0.15) is 0 Å². The number of fused-ring (bicyclic) bond motifs is 1. The second-order valence-corrected chi connectivity index (χ2v) is 7.18. The van der Waals surface area contributed by atoms with E-state index in [4.69, 9.17) is 16.3 Å². The van der Waals surface area contributed by atoms with Crippen molar-refractivity contribution >= 4 is 29.6 Å². The minimum Gasteiger partial charge on any atom is -0.469 e. The molecule has 10 heteroatoms. The van der Waals surface area contributed by atoms with E-state index in [0.29, 0.717) is 23.7 Å². The van der Waals surface area contributed by atoms with Gasteiger partial charge in [0.25, 0.3) is 0 Å². The van der Waals surface area contributed by atoms with Crippen molar-refractivity contribution in [2.75, 3.05) is 20.8 Å². The number of methoxy groups -OCH3 is 2. The lowest BCUT2D eigenvalue weighted by Crippen LogP contribution is -2.51. The molecule has 1 aromatic carbocycles. The van der Waals surface area contributed by atoms with Crippen LogP contribution in [0.15, 0.2) is 30.6 Å². The lowest BCUT2D eigenvalue weighted by Gasteiger charge is -2.36. The number of amides is 2. The largest absolute Gasteiger partial charge is 0.469 e. The van der Waals surface area contributed by atoms with Gasteiger partial charge in [-0.05, 0) is 18.1 Å². The maximum atomic E-state index is 13.2. The van der Waals surface area contributed by atoms with E-state index in [-0.39, 0.29) is 12.8 Å². The van der Waals surface area contributed by atoms with Crippen molar-refractivity contribution < 1.29 is 23.9 Å². The molecular formula is C20H23ClN4O5. The maximum absolute atomic E-state index is 13.2. The fraction of sp³-hybridized carbons (Fsp3) is 0.400. The Kier molecular flexibility index (Phi) is 6.94. The number of ether oxygens (including phenoxy) is 2. The number of nitrogens with zero attached hydrogens (tertiary/aromatic N) is 2. The molecule has 1 aliphatic heterocycles. The molecule has 1 aliphatic rings. The summed E-state index contributed by atoms with van der Waals surface area (Å²) in [6.07, 6.45) is 2.19. The minimum absolute atomic E-state index is 0.0337. The van der Waals surface area contributed by atoms with E-state index in [1.807, 2.05) is 18.2 Å². The van der Waals surface area contributed by atoms with Crippen LogP contribution in [0.1, 0.15) is 35.8 Å². The number of hydrogen-bond donors (Lipinski definition) is 2. The number of aromatic nitrogens is 2. The van der Waals surface area contributed by atoms with Gasteiger partial charge in [-0.25, -0.2) is 14.6 Å². The SMILES string of the molecule is COC(=O)CC[C@@H](NC(=O)N1CCc2[nH]cnc2[C@@H]1c1ccccc1Cl)C(=O)OC. The van der Waals surface area contributed by atoms with Gasteiger partial charge in [0, 0.05) is 30.1 Å². The second kappa shape index (κ2) is 9.62. The normalized spacial score (nSPS) is 16.4. The van der Waals surface area contributed by atoms with Crippen molar-refractivity contribution in [3.05, 3.63) is 52.6 Å². The van der Waals surface area contributed by atoms with Gasteiger partial charge >= 0.3 is 18.0 Å². The fourth-order valence-corrected chi connectivity index (χ4v) is 3.73. The fourth-order valence-electron chi connectivity index (χ4n) is 3.49. The first-order chi connectivity index (χ1) is 14.5. The summed E-state index contributed by atoms with van der Waals surface area (Å²) < 4.78 is 9.39. The quantitative estimate of drug-likeness (QED) is 0.674. The van der Waals surface area contributed by atoms with Gasteiger partial charge < -0.3 is 24.7 Å². The average Bonchev–Trinajstić information content (AvgIpc) is 3.24. The summed E-state index contributed by atoms with van der Waals surface area (Å²) in [5, 5.41) is 3.19. The topological polar surface area (TPSA) is 114 Å². The van der Waals surface area contributed by atoms with E-state index >= 15 is 0 Å². The summed E-state index contributed by atoms with van der Waals surface area (Å²) in [6, 6.07) is 5.25. The van der Waals surface area contributed by atoms with Gasteiger partial charge in [0.2, 0.25) is 0 Å². The zero-order chi connectivity index (χ0) is 21.7. The summed E-state index contributed by atoms with van der Waals surface area (Å²) in [5.74, 6) is -1.12. The predicted octanol–water partition coefficient (Wildman–Crippen LogP) is 2.21. The monoisotopic (exact) mass is 434 g/mol. The molecule has 2 atom stereocenters. The Morgan fingerprint density at radius 2 is 2.07 bits per heavy atom. The highest BCUT2D eigenvalue weighted by Gasteiger charge is 2.36. The van der Waals surface area contributed by atoms with Crippen LogP contribution in [0, 0.1) is 0 Å². The Bertz CT molecular complexity index is 931. The van der Waals surface area contributed by atoms with Crippen LogP contribution >= 0.6 is 11.6 Å². The number of imidazole rings is 1. The highest BCUT2D eigenvalue weighted by atomic mass is 35.5. The van der Waals surface area contributed by atoms with Crippen LogP contribution in [0.25, 0.3) is 0 Å². The van der Waals surface area contributed by atoms with E-state index in [0.717, 1.165) is 11.3 Å². The molecule has 0 fully saturated rings. The summed E-state index contributed by atoms with van der Waals surface area (Å²) in [4.78, 5) is 45.9. The van der Waals surface area contributed by atoms with E-state index in [9.17, 15) is 14.4 Å². The number of hydrogen-bond acceptors (Lipinski definition) is 6. The van der Waals surface area contributed by atoms with Crippen LogP contribution in [0.3, 0.4) is 0 Å². The first-order valence-corrected chi connectivity index (χ1v) is 9.82. The molecule has 2 aromatic rings. The molecule has 2 heterocycles. The Hall–Kier alpha value is -3.07. The molecule has 0 saturated carbocycles. The molecular weight excluding hydrogens is 412 g/mol. The molecule has 0 unspecified atom stereocenters. The molecule has 160 valence electrons. The number of carbonyl (C=O) groups is 3. The molecule has 0 saturated heterocycles. The summed E-state index contributed by atoms with van der Waals surface area (Å²) in [7, 11) is 2.49. The lowest BCUT2D eigenvalue weighted by molar-refractivity contribution is -0.144. The number of nitrogens with one attached hydrogen (secondary N) is 2. The van der Waals surface area contributed by atoms with Crippen molar-refractivity contribution in [1.29, 1.82) is 0 Å². The molecule has 0 radical (unpaired) electrons. The average molecular weight is 435 g/mol. The van der Waals surface area contributed by atoms with E-state index in [1.165, 1.54) is 14.2 Å². The maximum Gasteiger partial charge on any atom is 0.328 e. The number of halogens is 1. The van der Waals surface area contributed by atoms with Crippen LogP contribution in [-0.2, 0) is 25.5 Å². The van der Waals surface area contributed by atoms with Crippen molar-refractivity contribution in [3.8, 4) is 0 Å². The third-order valence-electron chi connectivity index (χ3n) is 5.03. The Balaban J connectivity index is 1.86. The van der Waals surface area contributed by atoms with Crippen LogP contribution in [-0.4, -0.2) is 59.6 Å². The van der Waals surface area contributed by atoms with Gasteiger partial charge in [0.1, 0.15) is 12.1 Å². The number of aromatic amines is 1. The van der Waals surface area contributed by atoms with E-state index in [1.54, 1.807) is 17.3 Å². The Morgan fingerprint density at radius 3 is 2.77 bits per heavy atom. The summed E-state index contributed by atoms with van der Waals surface area (Å²) in [6.45, 7) is 0.391. The Labute approximate surface area is 178 Å². The minimum atomic E-state index is -0.992. The van der Waals surface area contributed by atoms with Crippen molar-refractivity contribution in [3.63, 3.8) is 0 Å². The number of urea groups is 1. The molecule has 0 bridgehead atoms. The predicted molar refractivity (Wildman–Crippen MR) is 108 cm³/mol. The number of H-pyrrole nitrogens is 1. The van der Waals surface area contributed by atoms with Gasteiger partial charge in [-0.3, -0.25) is 4.79 Å². The van der Waals surface area contributed by atoms with Gasteiger partial charge in [-0.1, -0.05) is 29.8 Å². The number of rotatable bonds is 6. The summed E-state index contributed by atoms with van der Waals surface area (Å²) in [5.41, 5.74) is 2.36. The molecule has 2 amide bonds. The number of esters is 2. The zero-order valence-corrected chi connectivity index (χ0v) is 17.4. The van der Waals surface area contributed by atoms with Crippen molar-refractivity contribution in [2.24, 2.45) is 0 Å². The molecule has 0 spiro atoms. The van der Waals surface area contributed by atoms with Crippen molar-refractivity contribution in [1.82, 2.24) is 20.2 Å². The molecule has 3 rings (SSSR count). The third kappa shape index (κ3) is 4.56. The van der Waals surface area contributed by atoms with Gasteiger partial charge in [0.15, 0.2) is 0 Å². The lowest BCUT2D eigenvalue weighted by atomic mass is 9.96. The number of benzene rings is 1. The van der Waals surface area contributed by atoms with Gasteiger partial charge in [0.05, 0.1) is 26.2 Å². The van der Waals surface area contributed by atoms with Gasteiger partial charge in [-0.15, -0.1) is 0 Å². The molecule has 0 aliphatic carbocycles. The first kappa shape index (κ1) is 21.6. The van der Waals surface area contributed by atoms with Crippen LogP contribution in [0.4, 0.5) is 4.79 Å². The van der Waals surface area contributed by atoms with Crippen LogP contribution in [0.5, 0.6) is 0 Å². The molecule has 2 N–H and O–H groups in total. The highest BCUT2D eigenvalue weighted by Crippen LogP contribution is 2.36. The molecule has 30 heavy (non-hydrogen) atoms. The summed E-state index contributed by atoms with van der Waals surface area (Å²) >= 11 is 6.42.